The Bertz CT molecular complexity index is 325. The third-order valence-corrected chi connectivity index (χ3v) is 5.62. The fourth-order valence-corrected chi connectivity index (χ4v) is 5.13. The molecule has 0 unspecified atom stereocenters. The molecule has 1 nitrogen and oxygen atoms in total. The van der Waals surface area contributed by atoms with Crippen molar-refractivity contribution < 1.29 is 4.43 Å². The Morgan fingerprint density at radius 2 is 1.65 bits per heavy atom. The highest BCUT2D eigenvalue weighted by molar-refractivity contribution is 6.71. The van der Waals surface area contributed by atoms with Crippen molar-refractivity contribution in [2.24, 2.45) is 0 Å². The molecule has 0 saturated heterocycles. The Balaban J connectivity index is 5.27. The molecule has 0 amide bonds. The number of hydrogen-bond acceptors (Lipinski definition) is 1. The van der Waals surface area contributed by atoms with E-state index in [0.29, 0.717) is 0 Å². The minimum absolute atomic E-state index is 0.105. The van der Waals surface area contributed by atoms with Gasteiger partial charge in [0.15, 0.2) is 8.32 Å². The van der Waals surface area contributed by atoms with Crippen LogP contribution in [0.25, 0.3) is 0 Å². The molecule has 0 aromatic rings. The van der Waals surface area contributed by atoms with Crippen molar-refractivity contribution in [3.05, 3.63) is 37.0 Å². The minimum atomic E-state index is -1.72. The van der Waals surface area contributed by atoms with Crippen LogP contribution < -0.4 is 0 Å². The van der Waals surface area contributed by atoms with Gasteiger partial charge in [0.05, 0.1) is 5.60 Å². The molecular formula is C18H34OSi. The monoisotopic (exact) mass is 294 g/mol. The Morgan fingerprint density at radius 1 is 1.15 bits per heavy atom. The molecule has 116 valence electrons. The van der Waals surface area contributed by atoms with Crippen LogP contribution in [-0.2, 0) is 4.43 Å². The van der Waals surface area contributed by atoms with Gasteiger partial charge >= 0.3 is 0 Å². The fraction of sp³-hybridized carbons (Fsp3) is 0.667. The number of hydrogen-bond donors (Lipinski definition) is 0. The zero-order chi connectivity index (χ0) is 15.8. The van der Waals surface area contributed by atoms with E-state index in [9.17, 15) is 0 Å². The van der Waals surface area contributed by atoms with Crippen molar-refractivity contribution in [1.29, 1.82) is 0 Å². The first-order valence-electron chi connectivity index (χ1n) is 7.76. The van der Waals surface area contributed by atoms with Crippen LogP contribution in [0.1, 0.15) is 52.9 Å². The topological polar surface area (TPSA) is 9.23 Å². The van der Waals surface area contributed by atoms with Gasteiger partial charge in [-0.25, -0.2) is 0 Å². The highest BCUT2D eigenvalue weighted by atomic mass is 28.4. The highest BCUT2D eigenvalue weighted by Crippen LogP contribution is 2.36. The zero-order valence-electron chi connectivity index (χ0n) is 14.3. The standard InChI is InChI=1S/C18H34OSi/c1-9-11-12-18(14-16(3)4,15-17(5)6)19-20(7,8)13-10-2/h10H,2-3,5,9,11-15H2,1,4,6-8H3. The predicted molar refractivity (Wildman–Crippen MR) is 94.7 cm³/mol. The maximum Gasteiger partial charge on any atom is 0.191 e. The van der Waals surface area contributed by atoms with Gasteiger partial charge < -0.3 is 4.43 Å². The highest BCUT2D eigenvalue weighted by Gasteiger charge is 2.37. The molecule has 2 heteroatoms. The Morgan fingerprint density at radius 3 is 2.00 bits per heavy atom. The Hall–Kier alpha value is -0.603. The molecule has 0 rings (SSSR count). The van der Waals surface area contributed by atoms with Crippen molar-refractivity contribution in [3.8, 4) is 0 Å². The molecule has 0 N–H and O–H groups in total. The van der Waals surface area contributed by atoms with Crippen molar-refractivity contribution in [2.45, 2.75) is 77.6 Å². The molecule has 0 aromatic carbocycles. The van der Waals surface area contributed by atoms with Gasteiger partial charge in [-0.05, 0) is 52.2 Å². The molecule has 0 fully saturated rings. The Kier molecular flexibility index (Phi) is 8.37. The van der Waals surface area contributed by atoms with Crippen LogP contribution in [0.5, 0.6) is 0 Å². The van der Waals surface area contributed by atoms with Crippen LogP contribution >= 0.6 is 0 Å². The molecule has 0 bridgehead atoms. The fourth-order valence-electron chi connectivity index (χ4n) is 2.94. The summed E-state index contributed by atoms with van der Waals surface area (Å²) in [5.74, 6) is 0. The van der Waals surface area contributed by atoms with Gasteiger partial charge in [-0.3, -0.25) is 0 Å². The average molecular weight is 295 g/mol. The van der Waals surface area contributed by atoms with E-state index < -0.39 is 8.32 Å². The van der Waals surface area contributed by atoms with E-state index in [0.717, 1.165) is 25.3 Å². The summed E-state index contributed by atoms with van der Waals surface area (Å²) in [5.41, 5.74) is 2.29. The quantitative estimate of drug-likeness (QED) is 0.323. The summed E-state index contributed by atoms with van der Waals surface area (Å²) in [6.07, 6.45) is 7.36. The molecule has 0 aliphatic carbocycles. The first-order valence-corrected chi connectivity index (χ1v) is 10.9. The van der Waals surface area contributed by atoms with E-state index >= 15 is 0 Å². The van der Waals surface area contributed by atoms with Crippen LogP contribution in [0.2, 0.25) is 19.1 Å². The van der Waals surface area contributed by atoms with E-state index in [2.05, 4.69) is 53.6 Å². The van der Waals surface area contributed by atoms with Crippen LogP contribution in [0.15, 0.2) is 37.0 Å². The normalized spacial score (nSPS) is 12.2. The van der Waals surface area contributed by atoms with Crippen molar-refractivity contribution >= 4 is 8.32 Å². The molecule has 0 saturated carbocycles. The van der Waals surface area contributed by atoms with Crippen molar-refractivity contribution in [1.82, 2.24) is 0 Å². The van der Waals surface area contributed by atoms with E-state index in [1.54, 1.807) is 0 Å². The lowest BCUT2D eigenvalue weighted by molar-refractivity contribution is 0.0486. The van der Waals surface area contributed by atoms with Crippen LogP contribution in [0.3, 0.4) is 0 Å². The summed E-state index contributed by atoms with van der Waals surface area (Å²) in [4.78, 5) is 0. The number of rotatable bonds is 11. The van der Waals surface area contributed by atoms with Gasteiger partial charge in [-0.15, -0.1) is 19.7 Å². The molecule has 0 radical (unpaired) electrons. The van der Waals surface area contributed by atoms with Gasteiger partial charge in [-0.1, -0.05) is 37.0 Å². The van der Waals surface area contributed by atoms with Crippen LogP contribution in [0.4, 0.5) is 0 Å². The van der Waals surface area contributed by atoms with Crippen molar-refractivity contribution in [3.63, 3.8) is 0 Å². The van der Waals surface area contributed by atoms with Crippen LogP contribution in [-0.4, -0.2) is 13.9 Å². The summed E-state index contributed by atoms with van der Waals surface area (Å²) >= 11 is 0. The largest absolute Gasteiger partial charge is 0.411 e. The first-order chi connectivity index (χ1) is 9.16. The molecule has 0 spiro atoms. The molecule has 0 aliphatic heterocycles. The smallest absolute Gasteiger partial charge is 0.191 e. The van der Waals surface area contributed by atoms with Gasteiger partial charge in [0.2, 0.25) is 0 Å². The zero-order valence-corrected chi connectivity index (χ0v) is 15.3. The molecule has 0 aromatic heterocycles. The van der Waals surface area contributed by atoms with Crippen LogP contribution in [0, 0.1) is 0 Å². The predicted octanol–water partition coefficient (Wildman–Crippen LogP) is 6.26. The van der Waals surface area contributed by atoms with E-state index in [1.807, 2.05) is 6.08 Å². The number of allylic oxidation sites excluding steroid dienone is 1. The molecule has 0 atom stereocenters. The lowest BCUT2D eigenvalue weighted by Crippen LogP contribution is -2.44. The van der Waals surface area contributed by atoms with Gasteiger partial charge in [0.25, 0.3) is 0 Å². The summed E-state index contributed by atoms with van der Waals surface area (Å²) in [6.45, 7) is 23.1. The van der Waals surface area contributed by atoms with Gasteiger partial charge in [0.1, 0.15) is 0 Å². The lowest BCUT2D eigenvalue weighted by Gasteiger charge is -2.41. The van der Waals surface area contributed by atoms with Gasteiger partial charge in [-0.2, -0.15) is 0 Å². The summed E-state index contributed by atoms with van der Waals surface area (Å²) in [6, 6.07) is 0.993. The first kappa shape index (κ1) is 19.4. The molecular weight excluding hydrogens is 260 g/mol. The van der Waals surface area contributed by atoms with E-state index in [-0.39, 0.29) is 5.60 Å². The summed E-state index contributed by atoms with van der Waals surface area (Å²) in [7, 11) is -1.72. The minimum Gasteiger partial charge on any atom is -0.411 e. The van der Waals surface area contributed by atoms with E-state index in [4.69, 9.17) is 4.43 Å². The maximum atomic E-state index is 6.74. The molecule has 0 heterocycles. The Labute approximate surface area is 127 Å². The second-order valence-electron chi connectivity index (χ2n) is 6.91. The maximum absolute atomic E-state index is 6.74. The third-order valence-electron chi connectivity index (χ3n) is 3.36. The second-order valence-corrected chi connectivity index (χ2v) is 11.0. The number of unbranched alkanes of at least 4 members (excludes halogenated alkanes) is 1. The third kappa shape index (κ3) is 7.86. The van der Waals surface area contributed by atoms with Gasteiger partial charge in [0, 0.05) is 0 Å². The lowest BCUT2D eigenvalue weighted by atomic mass is 9.85. The summed E-state index contributed by atoms with van der Waals surface area (Å²) < 4.78 is 6.74. The molecule has 0 aliphatic rings. The summed E-state index contributed by atoms with van der Waals surface area (Å²) in [5, 5.41) is 0. The van der Waals surface area contributed by atoms with E-state index in [1.165, 1.54) is 24.0 Å². The molecule has 20 heavy (non-hydrogen) atoms. The average Bonchev–Trinajstić information content (AvgIpc) is 2.23. The van der Waals surface area contributed by atoms with Crippen molar-refractivity contribution in [2.75, 3.05) is 0 Å². The second kappa shape index (κ2) is 8.63. The SMILES string of the molecule is C=CC[Si](C)(C)OC(CCCC)(CC(=C)C)CC(=C)C.